The predicted octanol–water partition coefficient (Wildman–Crippen LogP) is 6.06. The van der Waals surface area contributed by atoms with Crippen LogP contribution in [0, 0.1) is 0 Å². The number of hydrogen-bond donors (Lipinski definition) is 0. The molecule has 0 aliphatic heterocycles. The highest BCUT2D eigenvalue weighted by atomic mass is 35.5. The van der Waals surface area contributed by atoms with Crippen LogP contribution in [0.3, 0.4) is 0 Å². The lowest BCUT2D eigenvalue weighted by atomic mass is 10.2. The van der Waals surface area contributed by atoms with E-state index in [1.807, 2.05) is 60.7 Å². The summed E-state index contributed by atoms with van der Waals surface area (Å²) in [5, 5.41) is 1.43. The van der Waals surface area contributed by atoms with E-state index in [0.717, 1.165) is 25.8 Å². The van der Waals surface area contributed by atoms with Crippen molar-refractivity contribution in [2.45, 2.75) is 17.9 Å². The number of rotatable bonds is 7. The van der Waals surface area contributed by atoms with Gasteiger partial charge in [0.15, 0.2) is 5.13 Å². The van der Waals surface area contributed by atoms with Crippen LogP contribution in [0.2, 0.25) is 5.02 Å². The van der Waals surface area contributed by atoms with E-state index < -0.39 is 0 Å². The van der Waals surface area contributed by atoms with Gasteiger partial charge < -0.3 is 0 Å². The van der Waals surface area contributed by atoms with Gasteiger partial charge in [-0.2, -0.15) is 0 Å². The summed E-state index contributed by atoms with van der Waals surface area (Å²) in [7, 11) is 0. The minimum absolute atomic E-state index is 0.0503. The number of aromatic nitrogens is 2. The Balaban J connectivity index is 1.50. The monoisotopic (exact) mass is 439 g/mol. The maximum atomic E-state index is 13.1. The van der Waals surface area contributed by atoms with Crippen molar-refractivity contribution in [1.29, 1.82) is 0 Å². The van der Waals surface area contributed by atoms with E-state index in [1.54, 1.807) is 29.1 Å². The summed E-state index contributed by atoms with van der Waals surface area (Å²) < 4.78 is 1.07. The molecule has 0 aliphatic carbocycles. The third-order valence-electron chi connectivity index (χ3n) is 4.28. The molecule has 0 radical (unpaired) electrons. The van der Waals surface area contributed by atoms with Crippen LogP contribution in [0.4, 0.5) is 5.13 Å². The van der Waals surface area contributed by atoms with Crippen LogP contribution in [0.15, 0.2) is 78.0 Å². The lowest BCUT2D eigenvalue weighted by Crippen LogP contribution is -2.30. The second-order valence-electron chi connectivity index (χ2n) is 6.36. The van der Waals surface area contributed by atoms with Crippen molar-refractivity contribution in [3.05, 3.63) is 83.6 Å². The molecule has 1 amide bonds. The molecule has 0 N–H and O–H groups in total. The van der Waals surface area contributed by atoms with E-state index in [4.69, 9.17) is 11.6 Å². The normalized spacial score (nSPS) is 10.9. The molecule has 4 rings (SSSR count). The second kappa shape index (κ2) is 9.39. The summed E-state index contributed by atoms with van der Waals surface area (Å²) in [5.74, 6) is 0.740. The van der Waals surface area contributed by atoms with Gasteiger partial charge in [-0.05, 0) is 48.0 Å². The molecule has 2 aromatic heterocycles. The summed E-state index contributed by atoms with van der Waals surface area (Å²) in [6.07, 6.45) is 3.94. The molecule has 0 bridgehead atoms. The molecule has 146 valence electrons. The van der Waals surface area contributed by atoms with Gasteiger partial charge in [-0.1, -0.05) is 41.1 Å². The zero-order valence-corrected chi connectivity index (χ0v) is 17.9. The third kappa shape index (κ3) is 5.15. The molecule has 0 aliphatic rings. The summed E-state index contributed by atoms with van der Waals surface area (Å²) in [4.78, 5) is 24.8. The number of amides is 1. The van der Waals surface area contributed by atoms with Crippen molar-refractivity contribution in [2.24, 2.45) is 0 Å². The van der Waals surface area contributed by atoms with Gasteiger partial charge in [-0.3, -0.25) is 14.7 Å². The zero-order chi connectivity index (χ0) is 20.1. The van der Waals surface area contributed by atoms with E-state index in [0.29, 0.717) is 23.7 Å². The molecule has 0 spiro atoms. The smallest absolute Gasteiger partial charge is 0.229 e. The molecule has 0 saturated carbocycles. The molecule has 0 saturated heterocycles. The highest BCUT2D eigenvalue weighted by Crippen LogP contribution is 2.30. The summed E-state index contributed by atoms with van der Waals surface area (Å²) in [5.41, 5.74) is 1.89. The molecule has 29 heavy (non-hydrogen) atoms. The fourth-order valence-corrected chi connectivity index (χ4v) is 4.78. The van der Waals surface area contributed by atoms with Crippen molar-refractivity contribution < 1.29 is 4.79 Å². The molecule has 0 unspecified atom stereocenters. The van der Waals surface area contributed by atoms with Crippen molar-refractivity contribution in [3.63, 3.8) is 0 Å². The number of halogens is 1. The van der Waals surface area contributed by atoms with Crippen LogP contribution in [0.1, 0.15) is 12.0 Å². The number of hydrogen-bond acceptors (Lipinski definition) is 5. The topological polar surface area (TPSA) is 46.1 Å². The van der Waals surface area contributed by atoms with Crippen molar-refractivity contribution in [1.82, 2.24) is 9.97 Å². The van der Waals surface area contributed by atoms with Crippen LogP contribution < -0.4 is 4.90 Å². The van der Waals surface area contributed by atoms with E-state index in [2.05, 4.69) is 9.97 Å². The average Bonchev–Trinajstić information content (AvgIpc) is 3.18. The number of thioether (sulfide) groups is 1. The second-order valence-corrected chi connectivity index (χ2v) is 8.97. The lowest BCUT2D eigenvalue weighted by Gasteiger charge is -2.20. The maximum Gasteiger partial charge on any atom is 0.229 e. The first-order chi connectivity index (χ1) is 14.2. The third-order valence-corrected chi connectivity index (χ3v) is 6.60. The highest BCUT2D eigenvalue weighted by molar-refractivity contribution is 7.99. The van der Waals surface area contributed by atoms with Crippen LogP contribution >= 0.6 is 34.7 Å². The van der Waals surface area contributed by atoms with Gasteiger partial charge >= 0.3 is 0 Å². The van der Waals surface area contributed by atoms with Gasteiger partial charge in [0, 0.05) is 34.5 Å². The average molecular weight is 440 g/mol. The van der Waals surface area contributed by atoms with Gasteiger partial charge in [-0.15, -0.1) is 11.8 Å². The highest BCUT2D eigenvalue weighted by Gasteiger charge is 2.20. The number of nitrogens with zero attached hydrogens (tertiary/aromatic N) is 3. The summed E-state index contributed by atoms with van der Waals surface area (Å²) >= 11 is 9.12. The molecular formula is C22H18ClN3OS2. The van der Waals surface area contributed by atoms with E-state index >= 15 is 0 Å². The fourth-order valence-electron chi connectivity index (χ4n) is 2.83. The Labute approximate surface area is 182 Å². The fraction of sp³-hybridized carbons (Fsp3) is 0.136. The first kappa shape index (κ1) is 19.9. The number of benzene rings is 2. The molecular weight excluding hydrogens is 422 g/mol. The molecule has 0 atom stereocenters. The molecule has 2 heterocycles. The van der Waals surface area contributed by atoms with E-state index in [-0.39, 0.29) is 5.91 Å². The number of thiazole rings is 1. The molecule has 4 aromatic rings. The van der Waals surface area contributed by atoms with Gasteiger partial charge in [-0.25, -0.2) is 4.98 Å². The van der Waals surface area contributed by atoms with E-state index in [9.17, 15) is 4.79 Å². The molecule has 7 heteroatoms. The minimum Gasteiger partial charge on any atom is -0.284 e. The van der Waals surface area contributed by atoms with Gasteiger partial charge in [0.25, 0.3) is 0 Å². The Morgan fingerprint density at radius 1 is 1.07 bits per heavy atom. The number of anilines is 1. The first-order valence-electron chi connectivity index (χ1n) is 9.12. The molecule has 0 fully saturated rings. The SMILES string of the molecule is O=C(CCSc1ccc(Cl)cc1)N(Cc1cccnc1)c1nc2ccccc2s1. The van der Waals surface area contributed by atoms with Crippen LogP contribution in [0.5, 0.6) is 0 Å². The number of fused-ring (bicyclic) bond motifs is 1. The largest absolute Gasteiger partial charge is 0.284 e. The van der Waals surface area contributed by atoms with Crippen LogP contribution in [-0.4, -0.2) is 21.6 Å². The van der Waals surface area contributed by atoms with Crippen molar-refractivity contribution >= 4 is 56.0 Å². The number of carbonyl (C=O) groups is 1. The number of pyridine rings is 1. The Morgan fingerprint density at radius 3 is 2.66 bits per heavy atom. The maximum absolute atomic E-state index is 13.1. The van der Waals surface area contributed by atoms with Gasteiger partial charge in [0.05, 0.1) is 16.8 Å². The van der Waals surface area contributed by atoms with Crippen LogP contribution in [-0.2, 0) is 11.3 Å². The first-order valence-corrected chi connectivity index (χ1v) is 11.3. The zero-order valence-electron chi connectivity index (χ0n) is 15.5. The summed E-state index contributed by atoms with van der Waals surface area (Å²) in [6.45, 7) is 0.456. The van der Waals surface area contributed by atoms with Gasteiger partial charge in [0.2, 0.25) is 5.91 Å². The number of para-hydroxylation sites is 1. The molecule has 2 aromatic carbocycles. The quantitative estimate of drug-likeness (QED) is 0.328. The van der Waals surface area contributed by atoms with Crippen molar-refractivity contribution in [3.8, 4) is 0 Å². The van der Waals surface area contributed by atoms with E-state index in [1.165, 1.54) is 11.3 Å². The Morgan fingerprint density at radius 2 is 1.90 bits per heavy atom. The molecule has 4 nitrogen and oxygen atoms in total. The predicted molar refractivity (Wildman–Crippen MR) is 122 cm³/mol. The van der Waals surface area contributed by atoms with Crippen molar-refractivity contribution in [2.75, 3.05) is 10.7 Å². The minimum atomic E-state index is 0.0503. The Hall–Kier alpha value is -2.41. The lowest BCUT2D eigenvalue weighted by molar-refractivity contribution is -0.118. The Bertz CT molecular complexity index is 1070. The number of carbonyl (C=O) groups excluding carboxylic acids is 1. The van der Waals surface area contributed by atoms with Crippen LogP contribution in [0.25, 0.3) is 10.2 Å². The standard InChI is InChI=1S/C22H18ClN3OS2/c23-17-7-9-18(10-8-17)28-13-11-21(27)26(15-16-4-3-12-24-14-16)22-25-19-5-1-2-6-20(19)29-22/h1-10,12,14H,11,13,15H2. The van der Waals surface area contributed by atoms with Gasteiger partial charge in [0.1, 0.15) is 0 Å². The Kier molecular flexibility index (Phi) is 6.44. The summed E-state index contributed by atoms with van der Waals surface area (Å²) in [6, 6.07) is 19.5.